The van der Waals surface area contributed by atoms with E-state index in [1.807, 2.05) is 30.5 Å². The van der Waals surface area contributed by atoms with E-state index >= 15 is 0 Å². The summed E-state index contributed by atoms with van der Waals surface area (Å²) in [6.45, 7) is 5.83. The maximum atomic E-state index is 10.1. The van der Waals surface area contributed by atoms with Gasteiger partial charge in [-0.05, 0) is 97.7 Å². The molecule has 2 heterocycles. The van der Waals surface area contributed by atoms with Crippen molar-refractivity contribution in [3.63, 3.8) is 0 Å². The summed E-state index contributed by atoms with van der Waals surface area (Å²) >= 11 is 3.51. The Balaban J connectivity index is 1.58. The van der Waals surface area contributed by atoms with Crippen LogP contribution in [0, 0.1) is 5.92 Å². The van der Waals surface area contributed by atoms with Crippen molar-refractivity contribution in [3.05, 3.63) is 52.1 Å². The lowest BCUT2D eigenvalue weighted by Crippen LogP contribution is -2.27. The molecule has 1 fully saturated rings. The Kier molecular flexibility index (Phi) is 6.33. The summed E-state index contributed by atoms with van der Waals surface area (Å²) in [5, 5.41) is 13.5. The highest BCUT2D eigenvalue weighted by molar-refractivity contribution is 9.10. The Morgan fingerprint density at radius 1 is 1.23 bits per heavy atom. The van der Waals surface area contributed by atoms with E-state index in [2.05, 4.69) is 32.3 Å². The van der Waals surface area contributed by atoms with Gasteiger partial charge in [-0.15, -0.1) is 0 Å². The summed E-state index contributed by atoms with van der Waals surface area (Å²) in [6, 6.07) is 9.62. The Bertz CT molecular complexity index is 720. The number of aliphatic hydroxyl groups is 1. The van der Waals surface area contributed by atoms with Crippen molar-refractivity contribution in [2.24, 2.45) is 5.92 Å². The predicted molar refractivity (Wildman–Crippen MR) is 108 cm³/mol. The molecule has 0 bridgehead atoms. The number of hydrogen-bond acceptors (Lipinski definition) is 4. The van der Waals surface area contributed by atoms with Crippen molar-refractivity contribution in [1.29, 1.82) is 0 Å². The fraction of sp³-hybridized carbons (Fsp3) is 0.476. The van der Waals surface area contributed by atoms with E-state index in [0.29, 0.717) is 11.6 Å². The molecule has 2 N–H and O–H groups in total. The molecule has 0 amide bonds. The number of halogens is 1. The molecule has 1 saturated heterocycles. The molecule has 0 aliphatic carbocycles. The number of nitrogens with zero attached hydrogens (tertiary/aromatic N) is 1. The topological polar surface area (TPSA) is 54.4 Å². The van der Waals surface area contributed by atoms with Gasteiger partial charge in [0, 0.05) is 12.3 Å². The summed E-state index contributed by atoms with van der Waals surface area (Å²) in [5.41, 5.74) is 1.21. The zero-order valence-corrected chi connectivity index (χ0v) is 17.1. The number of benzene rings is 1. The molecule has 0 atom stereocenters. The average molecular weight is 419 g/mol. The van der Waals surface area contributed by atoms with Crippen LogP contribution in [0.15, 0.2) is 41.0 Å². The molecule has 2 aromatic rings. The second-order valence-corrected chi connectivity index (χ2v) is 8.40. The van der Waals surface area contributed by atoms with Gasteiger partial charge in [0.1, 0.15) is 5.75 Å². The molecule has 1 aromatic heterocycles. The van der Waals surface area contributed by atoms with Crippen LogP contribution in [0.2, 0.25) is 0 Å². The van der Waals surface area contributed by atoms with Gasteiger partial charge in [0.05, 0.1) is 10.1 Å². The Hall–Kier alpha value is -1.43. The minimum absolute atomic E-state index is 0.576. The van der Waals surface area contributed by atoms with Crippen LogP contribution in [0.5, 0.6) is 11.6 Å². The van der Waals surface area contributed by atoms with Crippen molar-refractivity contribution >= 4 is 15.9 Å². The van der Waals surface area contributed by atoms with Crippen molar-refractivity contribution in [3.8, 4) is 11.6 Å². The lowest BCUT2D eigenvalue weighted by Gasteiger charge is -2.22. The molecule has 4 nitrogen and oxygen atoms in total. The van der Waals surface area contributed by atoms with Gasteiger partial charge in [0.2, 0.25) is 5.88 Å². The van der Waals surface area contributed by atoms with Crippen molar-refractivity contribution < 1.29 is 9.84 Å². The fourth-order valence-corrected chi connectivity index (χ4v) is 3.70. The zero-order valence-electron chi connectivity index (χ0n) is 15.5. The lowest BCUT2D eigenvalue weighted by molar-refractivity contribution is 0.0785. The number of pyridine rings is 1. The predicted octanol–water partition coefficient (Wildman–Crippen LogP) is 4.80. The standard InChI is InChI=1S/C21H27BrN2O2/c1-21(2,25)17-6-7-19(18(22)13-17)26-20-8-5-16(14-24-20)4-3-15-9-11-23-12-10-15/h5-8,13-15,23,25H,3-4,9-12H2,1-2H3. The Morgan fingerprint density at radius 2 is 2.00 bits per heavy atom. The second-order valence-electron chi connectivity index (χ2n) is 7.54. The first-order valence-corrected chi connectivity index (χ1v) is 10.1. The Labute approximate surface area is 164 Å². The van der Waals surface area contributed by atoms with E-state index in [1.165, 1.54) is 24.8 Å². The summed E-state index contributed by atoms with van der Waals surface area (Å²) in [6.07, 6.45) is 6.78. The summed E-state index contributed by atoms with van der Waals surface area (Å²) in [4.78, 5) is 4.45. The van der Waals surface area contributed by atoms with Crippen LogP contribution >= 0.6 is 15.9 Å². The minimum atomic E-state index is -0.880. The monoisotopic (exact) mass is 418 g/mol. The highest BCUT2D eigenvalue weighted by atomic mass is 79.9. The third kappa shape index (κ3) is 5.29. The average Bonchev–Trinajstić information content (AvgIpc) is 2.63. The van der Waals surface area contributed by atoms with Gasteiger partial charge in [0.25, 0.3) is 0 Å². The molecule has 140 valence electrons. The highest BCUT2D eigenvalue weighted by Gasteiger charge is 2.17. The number of hydrogen-bond donors (Lipinski definition) is 2. The second kappa shape index (κ2) is 8.51. The number of ether oxygens (including phenoxy) is 1. The molecule has 5 heteroatoms. The molecule has 26 heavy (non-hydrogen) atoms. The third-order valence-electron chi connectivity index (χ3n) is 4.95. The van der Waals surface area contributed by atoms with Gasteiger partial charge >= 0.3 is 0 Å². The van der Waals surface area contributed by atoms with Crippen molar-refractivity contribution in [2.45, 2.75) is 45.1 Å². The van der Waals surface area contributed by atoms with Gasteiger partial charge in [-0.25, -0.2) is 4.98 Å². The van der Waals surface area contributed by atoms with Crippen LogP contribution in [0.4, 0.5) is 0 Å². The van der Waals surface area contributed by atoms with Crippen LogP contribution in [-0.2, 0) is 12.0 Å². The number of nitrogens with one attached hydrogen (secondary N) is 1. The van der Waals surface area contributed by atoms with Crippen LogP contribution in [0.25, 0.3) is 0 Å². The molecule has 0 spiro atoms. The van der Waals surface area contributed by atoms with Gasteiger partial charge in [0.15, 0.2) is 0 Å². The molecule has 1 aromatic carbocycles. The van der Waals surface area contributed by atoms with E-state index in [4.69, 9.17) is 4.74 Å². The molecule has 0 unspecified atom stereocenters. The number of rotatable bonds is 6. The van der Waals surface area contributed by atoms with E-state index < -0.39 is 5.60 Å². The SMILES string of the molecule is CC(C)(O)c1ccc(Oc2ccc(CCC3CCNCC3)cn2)c(Br)c1. The van der Waals surface area contributed by atoms with Gasteiger partial charge in [-0.2, -0.15) is 0 Å². The summed E-state index contributed by atoms with van der Waals surface area (Å²) < 4.78 is 6.68. The third-order valence-corrected chi connectivity index (χ3v) is 5.57. The largest absolute Gasteiger partial charge is 0.438 e. The van der Waals surface area contributed by atoms with Crippen LogP contribution in [0.3, 0.4) is 0 Å². The van der Waals surface area contributed by atoms with Gasteiger partial charge < -0.3 is 15.2 Å². The summed E-state index contributed by atoms with van der Waals surface area (Å²) in [5.74, 6) is 2.10. The number of aromatic nitrogens is 1. The maximum absolute atomic E-state index is 10.1. The quantitative estimate of drug-likeness (QED) is 0.707. The van der Waals surface area contributed by atoms with Gasteiger partial charge in [-0.1, -0.05) is 12.1 Å². The first kappa shape index (κ1) is 19.3. The molecular formula is C21H27BrN2O2. The summed E-state index contributed by atoms with van der Waals surface area (Å²) in [7, 11) is 0. The molecule has 1 aliphatic rings. The molecular weight excluding hydrogens is 392 g/mol. The zero-order chi connectivity index (χ0) is 18.6. The molecule has 1 aliphatic heterocycles. The Morgan fingerprint density at radius 3 is 2.62 bits per heavy atom. The van der Waals surface area contributed by atoms with Crippen molar-refractivity contribution in [2.75, 3.05) is 13.1 Å². The highest BCUT2D eigenvalue weighted by Crippen LogP contribution is 2.33. The molecule has 3 rings (SSSR count). The number of aryl methyl sites for hydroxylation is 1. The van der Waals surface area contributed by atoms with E-state index in [9.17, 15) is 5.11 Å². The first-order valence-electron chi connectivity index (χ1n) is 9.28. The van der Waals surface area contributed by atoms with E-state index in [0.717, 1.165) is 35.5 Å². The van der Waals surface area contributed by atoms with Crippen LogP contribution < -0.4 is 10.1 Å². The fourth-order valence-electron chi connectivity index (χ4n) is 3.24. The van der Waals surface area contributed by atoms with E-state index in [-0.39, 0.29) is 0 Å². The van der Waals surface area contributed by atoms with Gasteiger partial charge in [-0.3, -0.25) is 0 Å². The van der Waals surface area contributed by atoms with Crippen LogP contribution in [-0.4, -0.2) is 23.2 Å². The first-order chi connectivity index (χ1) is 12.4. The molecule has 0 radical (unpaired) electrons. The molecule has 0 saturated carbocycles. The van der Waals surface area contributed by atoms with Crippen molar-refractivity contribution in [1.82, 2.24) is 10.3 Å². The number of piperidine rings is 1. The smallest absolute Gasteiger partial charge is 0.219 e. The maximum Gasteiger partial charge on any atom is 0.219 e. The van der Waals surface area contributed by atoms with E-state index in [1.54, 1.807) is 13.8 Å². The minimum Gasteiger partial charge on any atom is -0.438 e. The van der Waals surface area contributed by atoms with Crippen LogP contribution in [0.1, 0.15) is 44.2 Å². The normalized spacial score (nSPS) is 15.8. The lowest BCUT2D eigenvalue weighted by atomic mass is 9.92.